The van der Waals surface area contributed by atoms with Crippen LogP contribution in [0.2, 0.25) is 0 Å². The summed E-state index contributed by atoms with van der Waals surface area (Å²) in [6.07, 6.45) is 3.61. The fraction of sp³-hybridized carbons (Fsp3) is 0.300. The molecule has 0 fully saturated rings. The lowest BCUT2D eigenvalue weighted by Crippen LogP contribution is -2.27. The monoisotopic (exact) mass is 476 g/mol. The van der Waals surface area contributed by atoms with Crippen LogP contribution >= 0.6 is 0 Å². The van der Waals surface area contributed by atoms with Gasteiger partial charge in [-0.25, -0.2) is 23.1 Å². The molecule has 12 nitrogen and oxygen atoms in total. The van der Waals surface area contributed by atoms with Gasteiger partial charge in [-0.2, -0.15) is 0 Å². The van der Waals surface area contributed by atoms with Crippen molar-refractivity contribution in [3.8, 4) is 11.5 Å². The average molecular weight is 477 g/mol. The predicted molar refractivity (Wildman–Crippen MR) is 123 cm³/mol. The number of fused-ring (bicyclic) bond motifs is 1. The fourth-order valence-electron chi connectivity index (χ4n) is 3.15. The lowest BCUT2D eigenvalue weighted by atomic mass is 10.1. The highest BCUT2D eigenvalue weighted by atomic mass is 32.2. The van der Waals surface area contributed by atoms with Gasteiger partial charge in [-0.15, -0.1) is 0 Å². The maximum absolute atomic E-state index is 13.1. The molecule has 1 aromatic carbocycles. The zero-order valence-corrected chi connectivity index (χ0v) is 19.1. The van der Waals surface area contributed by atoms with Gasteiger partial charge in [-0.3, -0.25) is 14.2 Å². The van der Waals surface area contributed by atoms with E-state index in [2.05, 4.69) is 20.0 Å². The molecule has 0 aliphatic rings. The van der Waals surface area contributed by atoms with Crippen molar-refractivity contribution in [2.75, 3.05) is 37.6 Å². The van der Waals surface area contributed by atoms with Crippen LogP contribution in [-0.2, 0) is 16.6 Å². The Labute approximate surface area is 189 Å². The molecule has 4 N–H and O–H groups in total. The standard InChI is InChI=1S/C20H24N6O6S/c1-4-26-16(25-18(27)12-10-22-20(21)23-11-12)9-14-13(19(26)28)5-6-15(17(14)31-2)32-8-7-24-33(3,29)30/h5-6,9-11,24H,4,7-8H2,1-3H3,(H,25,27)(H2,21,22,23). The lowest BCUT2D eigenvalue weighted by molar-refractivity contribution is 0.102. The van der Waals surface area contributed by atoms with E-state index in [4.69, 9.17) is 15.2 Å². The van der Waals surface area contributed by atoms with Gasteiger partial charge in [0.05, 0.1) is 24.3 Å². The molecule has 0 radical (unpaired) electrons. The molecule has 3 aromatic rings. The van der Waals surface area contributed by atoms with Crippen LogP contribution in [-0.4, -0.2) is 55.4 Å². The summed E-state index contributed by atoms with van der Waals surface area (Å²) in [4.78, 5) is 33.3. The molecule has 33 heavy (non-hydrogen) atoms. The highest BCUT2D eigenvalue weighted by Crippen LogP contribution is 2.35. The predicted octanol–water partition coefficient (Wildman–Crippen LogP) is 0.583. The zero-order valence-electron chi connectivity index (χ0n) is 18.3. The van der Waals surface area contributed by atoms with Crippen molar-refractivity contribution in [1.29, 1.82) is 0 Å². The van der Waals surface area contributed by atoms with E-state index in [1.165, 1.54) is 24.1 Å². The smallest absolute Gasteiger partial charge is 0.260 e. The molecular formula is C20H24N6O6S. The number of nitrogens with one attached hydrogen (secondary N) is 2. The van der Waals surface area contributed by atoms with Crippen LogP contribution in [0.15, 0.2) is 35.4 Å². The number of sulfonamides is 1. The summed E-state index contributed by atoms with van der Waals surface area (Å²) in [5.41, 5.74) is 5.30. The highest BCUT2D eigenvalue weighted by molar-refractivity contribution is 7.88. The summed E-state index contributed by atoms with van der Waals surface area (Å²) in [5, 5.41) is 3.49. The normalized spacial score (nSPS) is 11.4. The number of benzene rings is 1. The third-order valence-electron chi connectivity index (χ3n) is 4.63. The van der Waals surface area contributed by atoms with E-state index in [0.717, 1.165) is 6.26 Å². The van der Waals surface area contributed by atoms with E-state index in [-0.39, 0.29) is 41.8 Å². The van der Waals surface area contributed by atoms with Crippen LogP contribution in [0.1, 0.15) is 17.3 Å². The maximum Gasteiger partial charge on any atom is 0.260 e. The van der Waals surface area contributed by atoms with E-state index in [1.54, 1.807) is 25.1 Å². The van der Waals surface area contributed by atoms with Crippen LogP contribution in [0.25, 0.3) is 10.8 Å². The molecular weight excluding hydrogens is 452 g/mol. The Morgan fingerprint density at radius 3 is 2.52 bits per heavy atom. The number of pyridine rings is 1. The Bertz CT molecular complexity index is 1340. The Morgan fingerprint density at radius 2 is 1.91 bits per heavy atom. The third kappa shape index (κ3) is 5.56. The molecule has 13 heteroatoms. The Kier molecular flexibility index (Phi) is 7.13. The van der Waals surface area contributed by atoms with Crippen molar-refractivity contribution in [3.63, 3.8) is 0 Å². The number of carbonyl (C=O) groups is 1. The number of rotatable bonds is 9. The number of nitrogen functional groups attached to an aromatic ring is 1. The number of anilines is 2. The molecule has 0 aliphatic heterocycles. The molecule has 0 spiro atoms. The maximum atomic E-state index is 13.1. The van der Waals surface area contributed by atoms with Crippen molar-refractivity contribution in [2.24, 2.45) is 0 Å². The molecule has 176 valence electrons. The molecule has 0 saturated carbocycles. The van der Waals surface area contributed by atoms with Crippen LogP contribution in [0, 0.1) is 0 Å². The van der Waals surface area contributed by atoms with E-state index in [1.807, 2.05) is 0 Å². The van der Waals surface area contributed by atoms with Gasteiger partial charge in [0.1, 0.15) is 12.4 Å². The first kappa shape index (κ1) is 23.9. The average Bonchev–Trinajstić information content (AvgIpc) is 2.76. The summed E-state index contributed by atoms with van der Waals surface area (Å²) in [6, 6.07) is 4.77. The fourth-order valence-corrected chi connectivity index (χ4v) is 3.61. The second-order valence-electron chi connectivity index (χ2n) is 6.94. The molecule has 0 bridgehead atoms. The third-order valence-corrected chi connectivity index (χ3v) is 5.36. The first-order valence-electron chi connectivity index (χ1n) is 9.85. The minimum Gasteiger partial charge on any atom is -0.492 e. The molecule has 2 heterocycles. The van der Waals surface area contributed by atoms with Crippen LogP contribution in [0.4, 0.5) is 11.8 Å². The van der Waals surface area contributed by atoms with E-state index < -0.39 is 15.9 Å². The molecule has 0 atom stereocenters. The molecule has 0 aliphatic carbocycles. The molecule has 0 unspecified atom stereocenters. The van der Waals surface area contributed by atoms with Crippen molar-refractivity contribution < 1.29 is 22.7 Å². The number of amides is 1. The van der Waals surface area contributed by atoms with Gasteiger partial charge in [0, 0.05) is 30.9 Å². The van der Waals surface area contributed by atoms with Gasteiger partial charge in [-0.05, 0) is 25.1 Å². The quantitative estimate of drug-likeness (QED) is 0.374. The number of carbonyl (C=O) groups excluding carboxylic acids is 1. The van der Waals surface area contributed by atoms with Crippen LogP contribution < -0.4 is 30.8 Å². The Hall–Kier alpha value is -3.71. The number of hydrogen-bond acceptors (Lipinski definition) is 9. The number of aromatic nitrogens is 3. The number of hydrogen-bond donors (Lipinski definition) is 3. The van der Waals surface area contributed by atoms with Crippen molar-refractivity contribution in [1.82, 2.24) is 19.3 Å². The van der Waals surface area contributed by atoms with Gasteiger partial charge in [-0.1, -0.05) is 0 Å². The number of ether oxygens (including phenoxy) is 2. The second kappa shape index (κ2) is 9.83. The minimum absolute atomic E-state index is 0.0340. The van der Waals surface area contributed by atoms with Gasteiger partial charge in [0.2, 0.25) is 16.0 Å². The zero-order chi connectivity index (χ0) is 24.2. The van der Waals surface area contributed by atoms with Crippen molar-refractivity contribution >= 4 is 38.5 Å². The first-order valence-corrected chi connectivity index (χ1v) is 11.7. The largest absolute Gasteiger partial charge is 0.492 e. The number of methoxy groups -OCH3 is 1. The van der Waals surface area contributed by atoms with Crippen molar-refractivity contribution in [3.05, 3.63) is 46.5 Å². The molecule has 2 aromatic heterocycles. The van der Waals surface area contributed by atoms with Gasteiger partial charge >= 0.3 is 0 Å². The number of nitrogens with zero attached hydrogens (tertiary/aromatic N) is 3. The van der Waals surface area contributed by atoms with E-state index in [9.17, 15) is 18.0 Å². The summed E-state index contributed by atoms with van der Waals surface area (Å²) in [7, 11) is -1.92. The summed E-state index contributed by atoms with van der Waals surface area (Å²) in [5.74, 6) is 0.351. The minimum atomic E-state index is -3.35. The Balaban J connectivity index is 1.99. The SMILES string of the molecule is CCn1c(NC(=O)c2cnc(N)nc2)cc2c(OC)c(OCCNS(C)(=O)=O)ccc2c1=O. The van der Waals surface area contributed by atoms with E-state index in [0.29, 0.717) is 23.1 Å². The second-order valence-corrected chi connectivity index (χ2v) is 8.77. The molecule has 3 rings (SSSR count). The Morgan fingerprint density at radius 1 is 1.21 bits per heavy atom. The summed E-state index contributed by atoms with van der Waals surface area (Å²) in [6.45, 7) is 2.18. The topological polar surface area (TPSA) is 168 Å². The highest BCUT2D eigenvalue weighted by Gasteiger charge is 2.18. The van der Waals surface area contributed by atoms with Crippen molar-refractivity contribution in [2.45, 2.75) is 13.5 Å². The first-order chi connectivity index (χ1) is 15.6. The lowest BCUT2D eigenvalue weighted by Gasteiger charge is -2.17. The van der Waals surface area contributed by atoms with Gasteiger partial charge in [0.25, 0.3) is 11.5 Å². The summed E-state index contributed by atoms with van der Waals surface area (Å²) < 4.78 is 37.3. The van der Waals surface area contributed by atoms with E-state index >= 15 is 0 Å². The molecule has 1 amide bonds. The van der Waals surface area contributed by atoms with Crippen LogP contribution in [0.5, 0.6) is 11.5 Å². The summed E-state index contributed by atoms with van der Waals surface area (Å²) >= 11 is 0. The van der Waals surface area contributed by atoms with Gasteiger partial charge < -0.3 is 20.5 Å². The number of nitrogens with two attached hydrogens (primary N) is 1. The van der Waals surface area contributed by atoms with Crippen LogP contribution in [0.3, 0.4) is 0 Å². The van der Waals surface area contributed by atoms with Gasteiger partial charge in [0.15, 0.2) is 11.5 Å². The molecule has 0 saturated heterocycles.